The molecule has 0 saturated heterocycles. The Morgan fingerprint density at radius 2 is 0.806 bits per heavy atom. The molecule has 0 unspecified atom stereocenters. The van der Waals surface area contributed by atoms with Crippen LogP contribution in [0.4, 0.5) is 0 Å². The zero-order chi connectivity index (χ0) is 23.9. The Bertz CT molecular complexity index is 1690. The van der Waals surface area contributed by atoms with Crippen LogP contribution >= 0.6 is 22.7 Å². The van der Waals surface area contributed by atoms with Gasteiger partial charge in [-0.05, 0) is 70.8 Å². The van der Waals surface area contributed by atoms with Crippen molar-refractivity contribution in [1.82, 2.24) is 9.97 Å². The molecule has 0 aliphatic carbocycles. The second kappa shape index (κ2) is 8.83. The highest BCUT2D eigenvalue weighted by atomic mass is 32.1. The average Bonchev–Trinajstić information content (AvgIpc) is 3.58. The quantitative estimate of drug-likeness (QED) is 0.242. The Hall–Kier alpha value is -4.12. The number of para-hydroxylation sites is 2. The molecular weight excluding hydrogens is 477 g/mol. The number of rotatable bonds is 4. The molecule has 170 valence electrons. The molecular formula is C32H20N2S2. The molecule has 0 aliphatic rings. The Morgan fingerprint density at radius 3 is 1.39 bits per heavy atom. The normalized spacial score (nSPS) is 11.3. The summed E-state index contributed by atoms with van der Waals surface area (Å²) in [5.41, 5.74) is 9.08. The zero-order valence-electron chi connectivity index (χ0n) is 19.3. The first-order chi connectivity index (χ1) is 17.8. The van der Waals surface area contributed by atoms with Crippen LogP contribution in [0.25, 0.3) is 63.8 Å². The molecule has 4 heteroatoms. The van der Waals surface area contributed by atoms with Crippen LogP contribution in [0.15, 0.2) is 121 Å². The lowest BCUT2D eigenvalue weighted by Gasteiger charge is -2.10. The number of benzene rings is 5. The first-order valence-electron chi connectivity index (χ1n) is 11.8. The first kappa shape index (κ1) is 21.2. The van der Waals surface area contributed by atoms with Crippen molar-refractivity contribution in [2.75, 3.05) is 0 Å². The Labute approximate surface area is 217 Å². The molecule has 7 aromatic rings. The molecule has 0 bridgehead atoms. The van der Waals surface area contributed by atoms with Gasteiger partial charge in [-0.25, -0.2) is 9.97 Å². The average molecular weight is 497 g/mol. The van der Waals surface area contributed by atoms with Gasteiger partial charge in [0.25, 0.3) is 0 Å². The van der Waals surface area contributed by atoms with E-state index in [1.54, 1.807) is 22.7 Å². The van der Waals surface area contributed by atoms with E-state index in [1.807, 2.05) is 12.1 Å². The summed E-state index contributed by atoms with van der Waals surface area (Å²) in [4.78, 5) is 9.92. The number of nitrogens with zero attached hydrogens (tertiary/aromatic N) is 2. The van der Waals surface area contributed by atoms with Gasteiger partial charge in [-0.2, -0.15) is 0 Å². The lowest BCUT2D eigenvalue weighted by Crippen LogP contribution is -1.86. The molecule has 2 heterocycles. The van der Waals surface area contributed by atoms with E-state index >= 15 is 0 Å². The lowest BCUT2D eigenvalue weighted by molar-refractivity contribution is 1.45. The summed E-state index contributed by atoms with van der Waals surface area (Å²) >= 11 is 3.47. The minimum Gasteiger partial charge on any atom is -0.236 e. The number of fused-ring (bicyclic) bond motifs is 2. The van der Waals surface area contributed by atoms with E-state index in [0.29, 0.717) is 0 Å². The van der Waals surface area contributed by atoms with E-state index in [1.165, 1.54) is 31.7 Å². The van der Waals surface area contributed by atoms with Gasteiger partial charge < -0.3 is 0 Å². The summed E-state index contributed by atoms with van der Waals surface area (Å²) in [6.45, 7) is 0. The fraction of sp³-hybridized carbons (Fsp3) is 0. The maximum atomic E-state index is 4.96. The van der Waals surface area contributed by atoms with Crippen molar-refractivity contribution in [2.45, 2.75) is 0 Å². The third kappa shape index (κ3) is 3.91. The van der Waals surface area contributed by atoms with Crippen molar-refractivity contribution in [1.29, 1.82) is 0 Å². The highest BCUT2D eigenvalue weighted by Crippen LogP contribution is 2.39. The number of thiazole rings is 2. The largest absolute Gasteiger partial charge is 0.236 e. The summed E-state index contributed by atoms with van der Waals surface area (Å²) < 4.78 is 2.40. The molecule has 36 heavy (non-hydrogen) atoms. The minimum atomic E-state index is 1.03. The van der Waals surface area contributed by atoms with Crippen molar-refractivity contribution in [3.8, 4) is 43.4 Å². The molecule has 0 atom stereocenters. The van der Waals surface area contributed by atoms with Crippen molar-refractivity contribution in [3.05, 3.63) is 121 Å². The predicted octanol–water partition coefficient (Wildman–Crippen LogP) is 9.57. The van der Waals surface area contributed by atoms with Gasteiger partial charge in [-0.1, -0.05) is 72.8 Å². The summed E-state index contributed by atoms with van der Waals surface area (Å²) in [6.07, 6.45) is 0. The Kier molecular flexibility index (Phi) is 5.20. The fourth-order valence-electron chi connectivity index (χ4n) is 4.54. The third-order valence-electron chi connectivity index (χ3n) is 6.32. The van der Waals surface area contributed by atoms with E-state index < -0.39 is 0 Å². The van der Waals surface area contributed by atoms with E-state index in [9.17, 15) is 0 Å². The van der Waals surface area contributed by atoms with Gasteiger partial charge in [-0.15, -0.1) is 22.7 Å². The summed E-state index contributed by atoms with van der Waals surface area (Å²) in [7, 11) is 0. The maximum absolute atomic E-state index is 4.96. The van der Waals surface area contributed by atoms with Crippen molar-refractivity contribution in [3.63, 3.8) is 0 Å². The fourth-order valence-corrected chi connectivity index (χ4v) is 6.45. The Morgan fingerprint density at radius 1 is 0.361 bits per heavy atom. The highest BCUT2D eigenvalue weighted by Gasteiger charge is 2.14. The minimum absolute atomic E-state index is 1.03. The first-order valence-corrected chi connectivity index (χ1v) is 13.5. The van der Waals surface area contributed by atoms with Gasteiger partial charge in [0.2, 0.25) is 0 Å². The number of aromatic nitrogens is 2. The van der Waals surface area contributed by atoms with Crippen molar-refractivity contribution in [2.24, 2.45) is 0 Å². The molecule has 2 nitrogen and oxygen atoms in total. The number of hydrogen-bond acceptors (Lipinski definition) is 4. The van der Waals surface area contributed by atoms with Crippen LogP contribution in [-0.2, 0) is 0 Å². The second-order valence-corrected chi connectivity index (χ2v) is 10.8. The topological polar surface area (TPSA) is 25.8 Å². The predicted molar refractivity (Wildman–Crippen MR) is 155 cm³/mol. The van der Waals surface area contributed by atoms with E-state index in [2.05, 4.69) is 109 Å². The standard InChI is InChI=1S/C32H20N2S2/c1-2-9-21(10-3-1)22-11-8-12-23(17-22)24-18-25(31-33-27-13-4-6-15-29(27)35-31)20-26(19-24)32-34-28-14-5-7-16-30(28)36-32/h1-20H. The molecule has 0 radical (unpaired) electrons. The van der Waals surface area contributed by atoms with Gasteiger partial charge in [-0.3, -0.25) is 0 Å². The van der Waals surface area contributed by atoms with E-state index in [-0.39, 0.29) is 0 Å². The molecule has 0 saturated carbocycles. The molecule has 0 N–H and O–H groups in total. The van der Waals surface area contributed by atoms with Crippen LogP contribution in [0.5, 0.6) is 0 Å². The van der Waals surface area contributed by atoms with Crippen LogP contribution in [0.2, 0.25) is 0 Å². The Balaban J connectivity index is 1.42. The van der Waals surface area contributed by atoms with Crippen LogP contribution < -0.4 is 0 Å². The summed E-state index contributed by atoms with van der Waals surface area (Å²) in [5.74, 6) is 0. The third-order valence-corrected chi connectivity index (χ3v) is 8.49. The molecule has 0 spiro atoms. The monoisotopic (exact) mass is 496 g/mol. The van der Waals surface area contributed by atoms with Crippen LogP contribution in [0.3, 0.4) is 0 Å². The van der Waals surface area contributed by atoms with Gasteiger partial charge in [0, 0.05) is 11.1 Å². The van der Waals surface area contributed by atoms with Crippen LogP contribution in [0.1, 0.15) is 0 Å². The molecule has 2 aromatic heterocycles. The summed E-state index contributed by atoms with van der Waals surface area (Å²) in [5, 5.41) is 2.05. The van der Waals surface area contributed by atoms with Crippen molar-refractivity contribution >= 4 is 43.1 Å². The zero-order valence-corrected chi connectivity index (χ0v) is 20.9. The van der Waals surface area contributed by atoms with E-state index in [0.717, 1.165) is 32.2 Å². The second-order valence-electron chi connectivity index (χ2n) is 8.72. The van der Waals surface area contributed by atoms with Gasteiger partial charge in [0.05, 0.1) is 20.4 Å². The molecule has 0 aliphatic heterocycles. The highest BCUT2D eigenvalue weighted by molar-refractivity contribution is 7.22. The van der Waals surface area contributed by atoms with Gasteiger partial charge in [0.1, 0.15) is 10.0 Å². The lowest BCUT2D eigenvalue weighted by atomic mass is 9.96. The van der Waals surface area contributed by atoms with Crippen LogP contribution in [-0.4, -0.2) is 9.97 Å². The van der Waals surface area contributed by atoms with E-state index in [4.69, 9.17) is 9.97 Å². The maximum Gasteiger partial charge on any atom is 0.124 e. The molecule has 0 amide bonds. The number of hydrogen-bond donors (Lipinski definition) is 0. The summed E-state index contributed by atoms with van der Waals surface area (Å²) in [6, 6.07) is 42.7. The smallest absolute Gasteiger partial charge is 0.124 e. The van der Waals surface area contributed by atoms with Gasteiger partial charge in [0.15, 0.2) is 0 Å². The molecule has 0 fully saturated rings. The van der Waals surface area contributed by atoms with Gasteiger partial charge >= 0.3 is 0 Å². The van der Waals surface area contributed by atoms with Crippen LogP contribution in [0, 0.1) is 0 Å². The molecule has 7 rings (SSSR count). The van der Waals surface area contributed by atoms with Crippen molar-refractivity contribution < 1.29 is 0 Å². The molecule has 5 aromatic carbocycles. The SMILES string of the molecule is c1ccc(-c2cccc(-c3cc(-c4nc5ccccc5s4)cc(-c4nc5ccccc5s4)c3)c2)cc1.